The summed E-state index contributed by atoms with van der Waals surface area (Å²) in [7, 11) is 0. The molecule has 0 aliphatic heterocycles. The molecule has 0 amide bonds. The van der Waals surface area contributed by atoms with Crippen LogP contribution in [0.15, 0.2) is 30.3 Å². The van der Waals surface area contributed by atoms with Gasteiger partial charge < -0.3 is 0 Å². The van der Waals surface area contributed by atoms with Gasteiger partial charge in [0.1, 0.15) is 0 Å². The van der Waals surface area contributed by atoms with Crippen LogP contribution in [0.3, 0.4) is 0 Å². The molecule has 0 aliphatic carbocycles. The first-order valence-electron chi connectivity index (χ1n) is 5.83. The molecule has 0 radical (unpaired) electrons. The number of benzene rings is 1. The van der Waals surface area contributed by atoms with Crippen LogP contribution < -0.4 is 6.88 Å². The van der Waals surface area contributed by atoms with Gasteiger partial charge >= 0.3 is 110 Å². The van der Waals surface area contributed by atoms with Gasteiger partial charge in [-0.25, -0.2) is 0 Å². The fourth-order valence-corrected chi connectivity index (χ4v) is 20.3. The number of anilines is 1. The fourth-order valence-electron chi connectivity index (χ4n) is 1.53. The Labute approximate surface area is 109 Å². The quantitative estimate of drug-likeness (QED) is 0.576. The van der Waals surface area contributed by atoms with Crippen LogP contribution >= 0.6 is 0 Å². The van der Waals surface area contributed by atoms with Crippen LogP contribution in [0.2, 0.25) is 29.6 Å². The number of hydrogen-bond donors (Lipinski definition) is 1. The summed E-state index contributed by atoms with van der Waals surface area (Å²) in [5.74, 6) is 0. The van der Waals surface area contributed by atoms with Gasteiger partial charge in [0.25, 0.3) is 0 Å². The summed E-state index contributed by atoms with van der Waals surface area (Å²) in [6, 6.07) is 10.8. The molecule has 0 bridgehead atoms. The van der Waals surface area contributed by atoms with Crippen LogP contribution in [-0.4, -0.2) is 37.3 Å². The minimum atomic E-state index is -2.11. The monoisotopic (exact) mass is 436 g/mol. The van der Waals surface area contributed by atoms with Crippen molar-refractivity contribution in [3.63, 3.8) is 0 Å². The van der Waals surface area contributed by atoms with Crippen LogP contribution in [0.1, 0.15) is 0 Å². The van der Waals surface area contributed by atoms with Gasteiger partial charge in [0, 0.05) is 0 Å². The third kappa shape index (κ3) is 4.83. The maximum atomic E-state index is 3.85. The molecule has 0 fully saturated rings. The first-order valence-corrected chi connectivity index (χ1v) is 25.7. The van der Waals surface area contributed by atoms with E-state index in [1.807, 2.05) is 0 Å². The van der Waals surface area contributed by atoms with E-state index in [4.69, 9.17) is 0 Å². The van der Waals surface area contributed by atoms with Crippen LogP contribution in [-0.2, 0) is 0 Å². The summed E-state index contributed by atoms with van der Waals surface area (Å²) in [5.41, 5.74) is 1.34. The van der Waals surface area contributed by atoms with Gasteiger partial charge in [0.15, 0.2) is 0 Å². The fraction of sp³-hybridized carbons (Fsp3) is 0.500. The zero-order valence-electron chi connectivity index (χ0n) is 11.3. The first-order chi connectivity index (χ1) is 7.20. The van der Waals surface area contributed by atoms with Crippen LogP contribution in [0.25, 0.3) is 0 Å². The normalized spacial score (nSPS) is 12.6. The number of nitrogens with one attached hydrogen (secondary N) is 1. The van der Waals surface area contributed by atoms with Gasteiger partial charge in [0.2, 0.25) is 0 Å². The molecule has 90 valence electrons. The molecule has 0 spiro atoms. The van der Waals surface area contributed by atoms with Gasteiger partial charge in [-0.3, -0.25) is 0 Å². The van der Waals surface area contributed by atoms with Crippen LogP contribution in [0.4, 0.5) is 5.69 Å². The van der Waals surface area contributed by atoms with E-state index in [9.17, 15) is 0 Å². The first kappa shape index (κ1) is 14.6. The van der Waals surface area contributed by atoms with Gasteiger partial charge in [0.05, 0.1) is 0 Å². The topological polar surface area (TPSA) is 15.3 Å². The standard InChI is InChI=1S/C6H6N2.6CH3.2Sn/c7-8-6-4-2-1-3-5-6;;;;;;;;/h1-5,7H;6*1H3;;/q-2;;;;;;;2*+1. The van der Waals surface area contributed by atoms with Crippen molar-refractivity contribution in [2.24, 2.45) is 0 Å². The van der Waals surface area contributed by atoms with Gasteiger partial charge in [-0.15, -0.1) is 0 Å². The van der Waals surface area contributed by atoms with Crippen molar-refractivity contribution in [1.29, 1.82) is 0 Å². The van der Waals surface area contributed by atoms with E-state index in [0.29, 0.717) is 0 Å². The average molecular weight is 434 g/mol. The number of hydrogen-bond acceptors (Lipinski definition) is 2. The summed E-state index contributed by atoms with van der Waals surface area (Å²) in [6.45, 7) is 0. The van der Waals surface area contributed by atoms with Crippen molar-refractivity contribution in [2.45, 2.75) is 29.6 Å². The summed E-state index contributed by atoms with van der Waals surface area (Å²) >= 11 is -4.11. The Morgan fingerprint density at radius 1 is 0.875 bits per heavy atom. The van der Waals surface area contributed by atoms with E-state index < -0.39 is 37.3 Å². The second-order valence-corrected chi connectivity index (χ2v) is 33.4. The van der Waals surface area contributed by atoms with Gasteiger partial charge in [-0.1, -0.05) is 0 Å². The Hall–Kier alpha value is 0.577. The Morgan fingerprint density at radius 3 is 1.75 bits per heavy atom. The Balaban J connectivity index is 2.98. The molecule has 4 heteroatoms. The van der Waals surface area contributed by atoms with Crippen LogP contribution in [0, 0.1) is 0 Å². The van der Waals surface area contributed by atoms with Crippen molar-refractivity contribution in [3.05, 3.63) is 30.3 Å². The molecule has 1 aromatic rings. The maximum absolute atomic E-state index is 3.85. The van der Waals surface area contributed by atoms with Crippen LogP contribution in [0.5, 0.6) is 0 Å². The molecular weight excluding hydrogens is 410 g/mol. The molecule has 1 rings (SSSR count). The third-order valence-electron chi connectivity index (χ3n) is 2.13. The minimum absolute atomic E-state index is 1.34. The van der Waals surface area contributed by atoms with E-state index in [0.717, 1.165) is 0 Å². The zero-order valence-corrected chi connectivity index (χ0v) is 17.0. The SMILES string of the molecule is [CH3][Sn]([CH3])([CH3])[NH][N](c1ccccc1)[Sn]([CH3])([CH3])[CH3]. The zero-order chi connectivity index (χ0) is 12.4. The Morgan fingerprint density at radius 2 is 1.38 bits per heavy atom. The number of para-hydroxylation sites is 1. The second kappa shape index (κ2) is 5.48. The summed E-state index contributed by atoms with van der Waals surface area (Å²) in [5, 5.41) is 0. The third-order valence-corrected chi connectivity index (χ3v) is 11.4. The predicted octanol–water partition coefficient (Wildman–Crippen LogP) is 3.67. The Bertz CT molecular complexity index is 325. The average Bonchev–Trinajstić information content (AvgIpc) is 2.13. The van der Waals surface area contributed by atoms with Crippen molar-refractivity contribution < 1.29 is 0 Å². The summed E-state index contributed by atoms with van der Waals surface area (Å²) in [6.07, 6.45) is 0. The molecule has 0 saturated heterocycles. The molecule has 0 heterocycles. The molecule has 1 N–H and O–H groups in total. The molecule has 0 aromatic heterocycles. The summed E-state index contributed by atoms with van der Waals surface area (Å²) < 4.78 is 6.38. The molecule has 0 aliphatic rings. The van der Waals surface area contributed by atoms with Crippen molar-refractivity contribution >= 4 is 43.0 Å². The van der Waals surface area contributed by atoms with Gasteiger partial charge in [-0.2, -0.15) is 0 Å². The van der Waals surface area contributed by atoms with E-state index in [1.54, 1.807) is 0 Å². The molecule has 0 atom stereocenters. The number of rotatable bonds is 4. The van der Waals surface area contributed by atoms with E-state index in [2.05, 4.69) is 66.8 Å². The Kier molecular flexibility index (Phi) is 5.01. The van der Waals surface area contributed by atoms with E-state index >= 15 is 0 Å². The van der Waals surface area contributed by atoms with E-state index in [-0.39, 0.29) is 0 Å². The molecular formula is C12H24N2Sn2. The summed E-state index contributed by atoms with van der Waals surface area (Å²) in [4.78, 5) is 14.6. The predicted molar refractivity (Wildman–Crippen MR) is 78.7 cm³/mol. The molecule has 0 saturated carbocycles. The van der Waals surface area contributed by atoms with Gasteiger partial charge in [-0.05, 0) is 0 Å². The van der Waals surface area contributed by atoms with Crippen molar-refractivity contribution in [2.75, 3.05) is 3.23 Å². The second-order valence-electron chi connectivity index (χ2n) is 6.20. The number of hydrazine groups is 1. The molecule has 16 heavy (non-hydrogen) atoms. The molecule has 1 aromatic carbocycles. The number of nitrogens with zero attached hydrogens (tertiary/aromatic N) is 1. The van der Waals surface area contributed by atoms with Crippen molar-refractivity contribution in [1.82, 2.24) is 3.65 Å². The molecule has 0 unspecified atom stereocenters. The van der Waals surface area contributed by atoms with E-state index in [1.165, 1.54) is 5.69 Å². The van der Waals surface area contributed by atoms with Crippen molar-refractivity contribution in [3.8, 4) is 0 Å². The molecule has 2 nitrogen and oxygen atoms in total.